The highest BCUT2D eigenvalue weighted by atomic mass is 15.3. The van der Waals surface area contributed by atoms with Crippen molar-refractivity contribution in [2.75, 3.05) is 66.5 Å². The Labute approximate surface area is 120 Å². The highest BCUT2D eigenvalue weighted by Crippen LogP contribution is 2.03. The summed E-state index contributed by atoms with van der Waals surface area (Å²) in [7, 11) is 4.31. The predicted molar refractivity (Wildman–Crippen MR) is 83.8 cm³/mol. The van der Waals surface area contributed by atoms with Crippen LogP contribution in [0.2, 0.25) is 0 Å². The molecule has 1 aliphatic rings. The van der Waals surface area contributed by atoms with Gasteiger partial charge in [0.1, 0.15) is 0 Å². The van der Waals surface area contributed by atoms with Gasteiger partial charge < -0.3 is 20.0 Å². The van der Waals surface area contributed by atoms with Crippen molar-refractivity contribution in [3.63, 3.8) is 0 Å². The molecule has 1 rings (SSSR count). The van der Waals surface area contributed by atoms with E-state index in [1.54, 1.807) is 0 Å². The Morgan fingerprint density at radius 3 is 1.95 bits per heavy atom. The molecule has 0 unspecified atom stereocenters. The van der Waals surface area contributed by atoms with Crippen molar-refractivity contribution in [2.45, 2.75) is 32.7 Å². The highest BCUT2D eigenvalue weighted by molar-refractivity contribution is 4.72. The highest BCUT2D eigenvalue weighted by Gasteiger charge is 2.15. The molecule has 4 heteroatoms. The lowest BCUT2D eigenvalue weighted by molar-refractivity contribution is 0.128. The van der Waals surface area contributed by atoms with Crippen LogP contribution in [0.15, 0.2) is 0 Å². The van der Waals surface area contributed by atoms with Crippen LogP contribution in [0, 0.1) is 0 Å². The average Bonchev–Trinajstić information content (AvgIpc) is 2.36. The van der Waals surface area contributed by atoms with Crippen LogP contribution in [0.25, 0.3) is 0 Å². The van der Waals surface area contributed by atoms with Gasteiger partial charge in [-0.1, -0.05) is 13.8 Å². The minimum Gasteiger partial charge on any atom is -0.314 e. The van der Waals surface area contributed by atoms with E-state index in [1.165, 1.54) is 58.7 Å². The summed E-state index contributed by atoms with van der Waals surface area (Å²) in [5.41, 5.74) is 0. The maximum Gasteiger partial charge on any atom is 0.0110 e. The SMILES string of the molecule is CC(C)NCCCN1CCN(CCCN(C)C)CC1. The fourth-order valence-electron chi connectivity index (χ4n) is 2.54. The molecule has 0 spiro atoms. The summed E-state index contributed by atoms with van der Waals surface area (Å²) in [4.78, 5) is 7.51. The Hall–Kier alpha value is -0.160. The molecule has 0 bridgehead atoms. The van der Waals surface area contributed by atoms with Gasteiger partial charge in [-0.05, 0) is 53.1 Å². The molecule has 1 aliphatic heterocycles. The summed E-state index contributed by atoms with van der Waals surface area (Å²) in [5.74, 6) is 0. The molecular formula is C15H34N4. The molecule has 0 aromatic carbocycles. The van der Waals surface area contributed by atoms with Gasteiger partial charge in [0, 0.05) is 32.2 Å². The molecule has 0 aromatic rings. The largest absolute Gasteiger partial charge is 0.314 e. The van der Waals surface area contributed by atoms with Gasteiger partial charge >= 0.3 is 0 Å². The summed E-state index contributed by atoms with van der Waals surface area (Å²) < 4.78 is 0. The van der Waals surface area contributed by atoms with Gasteiger partial charge in [-0.2, -0.15) is 0 Å². The molecule has 0 aromatic heterocycles. The van der Waals surface area contributed by atoms with E-state index >= 15 is 0 Å². The molecule has 0 amide bonds. The van der Waals surface area contributed by atoms with Gasteiger partial charge in [-0.25, -0.2) is 0 Å². The lowest BCUT2D eigenvalue weighted by Crippen LogP contribution is -2.47. The lowest BCUT2D eigenvalue weighted by atomic mass is 10.2. The molecule has 114 valence electrons. The van der Waals surface area contributed by atoms with Crippen molar-refractivity contribution in [3.8, 4) is 0 Å². The summed E-state index contributed by atoms with van der Waals surface area (Å²) in [6, 6.07) is 0.619. The van der Waals surface area contributed by atoms with Crippen LogP contribution < -0.4 is 5.32 Å². The molecular weight excluding hydrogens is 236 g/mol. The van der Waals surface area contributed by atoms with Crippen molar-refractivity contribution < 1.29 is 0 Å². The first kappa shape index (κ1) is 16.9. The van der Waals surface area contributed by atoms with Crippen LogP contribution in [0.1, 0.15) is 26.7 Å². The fraction of sp³-hybridized carbons (Fsp3) is 1.00. The summed E-state index contributed by atoms with van der Waals surface area (Å²) in [6.45, 7) is 14.3. The van der Waals surface area contributed by atoms with Gasteiger partial charge in [0.25, 0.3) is 0 Å². The summed E-state index contributed by atoms with van der Waals surface area (Å²) >= 11 is 0. The normalized spacial score (nSPS) is 18.6. The molecule has 1 N–H and O–H groups in total. The first-order chi connectivity index (χ1) is 9.08. The molecule has 1 heterocycles. The van der Waals surface area contributed by atoms with Gasteiger partial charge in [0.15, 0.2) is 0 Å². The number of rotatable bonds is 9. The van der Waals surface area contributed by atoms with Crippen molar-refractivity contribution in [1.82, 2.24) is 20.0 Å². The van der Waals surface area contributed by atoms with Gasteiger partial charge in [0.05, 0.1) is 0 Å². The minimum atomic E-state index is 0.619. The third kappa shape index (κ3) is 8.58. The number of hydrogen-bond acceptors (Lipinski definition) is 4. The maximum atomic E-state index is 3.49. The van der Waals surface area contributed by atoms with E-state index in [1.807, 2.05) is 0 Å². The van der Waals surface area contributed by atoms with E-state index in [0.717, 1.165) is 6.54 Å². The Balaban J connectivity index is 1.99. The number of nitrogens with one attached hydrogen (secondary N) is 1. The van der Waals surface area contributed by atoms with Crippen LogP contribution in [0.3, 0.4) is 0 Å². The fourth-order valence-corrected chi connectivity index (χ4v) is 2.54. The Kier molecular flexibility index (Phi) is 8.62. The number of nitrogens with zero attached hydrogens (tertiary/aromatic N) is 3. The summed E-state index contributed by atoms with van der Waals surface area (Å²) in [5, 5.41) is 3.49. The zero-order valence-electron chi connectivity index (χ0n) is 13.5. The van der Waals surface area contributed by atoms with Crippen molar-refractivity contribution in [3.05, 3.63) is 0 Å². The third-order valence-corrected chi connectivity index (χ3v) is 3.75. The van der Waals surface area contributed by atoms with Crippen LogP contribution in [-0.4, -0.2) is 87.2 Å². The smallest absolute Gasteiger partial charge is 0.0110 e. The predicted octanol–water partition coefficient (Wildman–Crippen LogP) is 0.944. The average molecular weight is 270 g/mol. The molecule has 4 nitrogen and oxygen atoms in total. The van der Waals surface area contributed by atoms with Gasteiger partial charge in [0.2, 0.25) is 0 Å². The molecule has 1 fully saturated rings. The van der Waals surface area contributed by atoms with Gasteiger partial charge in [-0.3, -0.25) is 0 Å². The standard InChI is InChI=1S/C15H34N4/c1-15(2)16-7-5-9-18-11-13-19(14-12-18)10-6-8-17(3)4/h15-16H,5-14H2,1-4H3. The second-order valence-corrected chi connectivity index (χ2v) is 6.30. The van der Waals surface area contributed by atoms with Crippen LogP contribution in [0.4, 0.5) is 0 Å². The molecule has 19 heavy (non-hydrogen) atoms. The van der Waals surface area contributed by atoms with E-state index in [-0.39, 0.29) is 0 Å². The first-order valence-electron chi connectivity index (χ1n) is 7.90. The van der Waals surface area contributed by atoms with E-state index in [2.05, 4.69) is 48.0 Å². The zero-order chi connectivity index (χ0) is 14.1. The molecule has 0 aliphatic carbocycles. The second-order valence-electron chi connectivity index (χ2n) is 6.30. The van der Waals surface area contributed by atoms with E-state index in [9.17, 15) is 0 Å². The Morgan fingerprint density at radius 1 is 0.947 bits per heavy atom. The van der Waals surface area contributed by atoms with E-state index in [4.69, 9.17) is 0 Å². The maximum absolute atomic E-state index is 3.49. The lowest BCUT2D eigenvalue weighted by Gasteiger charge is -2.35. The Bertz CT molecular complexity index is 210. The quantitative estimate of drug-likeness (QED) is 0.630. The molecule has 1 saturated heterocycles. The van der Waals surface area contributed by atoms with Crippen molar-refractivity contribution in [2.24, 2.45) is 0 Å². The van der Waals surface area contributed by atoms with Crippen LogP contribution in [0.5, 0.6) is 0 Å². The van der Waals surface area contributed by atoms with Gasteiger partial charge in [-0.15, -0.1) is 0 Å². The third-order valence-electron chi connectivity index (χ3n) is 3.75. The Morgan fingerprint density at radius 2 is 1.47 bits per heavy atom. The second kappa shape index (κ2) is 9.70. The zero-order valence-corrected chi connectivity index (χ0v) is 13.5. The van der Waals surface area contributed by atoms with Crippen LogP contribution >= 0.6 is 0 Å². The first-order valence-corrected chi connectivity index (χ1v) is 7.90. The van der Waals surface area contributed by atoms with Crippen molar-refractivity contribution >= 4 is 0 Å². The number of hydrogen-bond donors (Lipinski definition) is 1. The van der Waals surface area contributed by atoms with Crippen molar-refractivity contribution in [1.29, 1.82) is 0 Å². The van der Waals surface area contributed by atoms with E-state index in [0.29, 0.717) is 6.04 Å². The molecule has 0 saturated carbocycles. The number of piperazine rings is 1. The molecule has 0 radical (unpaired) electrons. The topological polar surface area (TPSA) is 21.8 Å². The summed E-state index contributed by atoms with van der Waals surface area (Å²) in [6.07, 6.45) is 2.57. The van der Waals surface area contributed by atoms with Crippen LogP contribution in [-0.2, 0) is 0 Å². The monoisotopic (exact) mass is 270 g/mol. The minimum absolute atomic E-state index is 0.619. The molecule has 0 atom stereocenters. The van der Waals surface area contributed by atoms with E-state index < -0.39 is 0 Å².